The highest BCUT2D eigenvalue weighted by atomic mass is 16.1. The van der Waals surface area contributed by atoms with Crippen molar-refractivity contribution in [1.82, 2.24) is 10.3 Å². The second kappa shape index (κ2) is 4.49. The Bertz CT molecular complexity index is 514. The van der Waals surface area contributed by atoms with Crippen LogP contribution in [-0.4, -0.2) is 24.9 Å². The Morgan fingerprint density at radius 1 is 1.44 bits per heavy atom. The van der Waals surface area contributed by atoms with E-state index in [0.717, 1.165) is 35.7 Å². The van der Waals surface area contributed by atoms with E-state index in [1.807, 2.05) is 14.0 Å². The number of aromatic nitrogens is 1. The molecule has 16 heavy (non-hydrogen) atoms. The summed E-state index contributed by atoms with van der Waals surface area (Å²) in [5.74, 6) is 0. The predicted molar refractivity (Wildman–Crippen MR) is 66.1 cm³/mol. The average molecular weight is 216 g/mol. The van der Waals surface area contributed by atoms with Crippen LogP contribution in [0.4, 0.5) is 0 Å². The zero-order valence-electron chi connectivity index (χ0n) is 9.63. The summed E-state index contributed by atoms with van der Waals surface area (Å²) >= 11 is 0. The summed E-state index contributed by atoms with van der Waals surface area (Å²) in [7, 11) is 1.92. The van der Waals surface area contributed by atoms with Gasteiger partial charge in [0.25, 0.3) is 0 Å². The third-order valence-electron chi connectivity index (χ3n) is 2.84. The van der Waals surface area contributed by atoms with Gasteiger partial charge >= 0.3 is 0 Å². The zero-order valence-corrected chi connectivity index (χ0v) is 9.63. The summed E-state index contributed by atoms with van der Waals surface area (Å²) < 4.78 is 0. The summed E-state index contributed by atoms with van der Waals surface area (Å²) in [6.45, 7) is 2.93. The number of rotatable bonds is 4. The molecule has 84 valence electrons. The lowest BCUT2D eigenvalue weighted by molar-refractivity contribution is 0.111. The van der Waals surface area contributed by atoms with Crippen molar-refractivity contribution >= 4 is 17.2 Å². The number of aldehydes is 1. The smallest absolute Gasteiger partial charge is 0.166 e. The second-order valence-corrected chi connectivity index (χ2v) is 4.04. The molecule has 2 aromatic rings. The van der Waals surface area contributed by atoms with E-state index in [2.05, 4.69) is 28.5 Å². The number of likely N-dealkylation sites (N-methyl/N-ethyl adjacent to an activating group) is 1. The van der Waals surface area contributed by atoms with E-state index in [1.54, 1.807) is 0 Å². The van der Waals surface area contributed by atoms with Gasteiger partial charge in [-0.3, -0.25) is 4.79 Å². The second-order valence-electron chi connectivity index (χ2n) is 4.04. The molecule has 2 N–H and O–H groups in total. The van der Waals surface area contributed by atoms with Crippen molar-refractivity contribution in [3.8, 4) is 0 Å². The predicted octanol–water partition coefficient (Wildman–Crippen LogP) is 2.05. The van der Waals surface area contributed by atoms with Crippen molar-refractivity contribution in [3.63, 3.8) is 0 Å². The van der Waals surface area contributed by atoms with Gasteiger partial charge in [0, 0.05) is 10.9 Å². The fraction of sp³-hybridized carbons (Fsp3) is 0.308. The molecule has 1 heterocycles. The maximum Gasteiger partial charge on any atom is 0.166 e. The van der Waals surface area contributed by atoms with Crippen LogP contribution in [0.2, 0.25) is 0 Å². The minimum atomic E-state index is 0.704. The van der Waals surface area contributed by atoms with Crippen LogP contribution in [0, 0.1) is 6.92 Å². The van der Waals surface area contributed by atoms with E-state index >= 15 is 0 Å². The number of fused-ring (bicyclic) bond motifs is 1. The van der Waals surface area contributed by atoms with Crippen LogP contribution in [0.25, 0.3) is 10.9 Å². The number of aryl methyl sites for hydroxylation is 1. The van der Waals surface area contributed by atoms with Gasteiger partial charge in [0.2, 0.25) is 0 Å². The van der Waals surface area contributed by atoms with E-state index in [1.165, 1.54) is 5.56 Å². The summed E-state index contributed by atoms with van der Waals surface area (Å²) in [5.41, 5.74) is 4.06. The molecule has 1 aromatic heterocycles. The number of H-pyrrole nitrogens is 1. The van der Waals surface area contributed by atoms with Gasteiger partial charge in [-0.1, -0.05) is 12.1 Å². The maximum absolute atomic E-state index is 11.0. The van der Waals surface area contributed by atoms with Gasteiger partial charge in [0.05, 0.1) is 5.69 Å². The molecule has 1 aromatic carbocycles. The molecule has 0 bridgehead atoms. The number of hydrogen-bond donors (Lipinski definition) is 2. The van der Waals surface area contributed by atoms with Crippen molar-refractivity contribution in [1.29, 1.82) is 0 Å². The number of carbonyl (C=O) groups is 1. The molecule has 2 rings (SSSR count). The lowest BCUT2D eigenvalue weighted by Crippen LogP contribution is -2.11. The first-order valence-corrected chi connectivity index (χ1v) is 5.47. The molecule has 0 spiro atoms. The Kier molecular flexibility index (Phi) is 3.06. The van der Waals surface area contributed by atoms with Gasteiger partial charge in [-0.15, -0.1) is 0 Å². The normalized spacial score (nSPS) is 10.9. The zero-order chi connectivity index (χ0) is 11.5. The molecule has 3 nitrogen and oxygen atoms in total. The highest BCUT2D eigenvalue weighted by Gasteiger charge is 2.09. The van der Waals surface area contributed by atoms with E-state index in [0.29, 0.717) is 5.69 Å². The third kappa shape index (κ3) is 1.86. The van der Waals surface area contributed by atoms with Gasteiger partial charge in [-0.2, -0.15) is 0 Å². The fourth-order valence-electron chi connectivity index (χ4n) is 2.01. The molecule has 0 aliphatic heterocycles. The van der Waals surface area contributed by atoms with Crippen LogP contribution >= 0.6 is 0 Å². The molecule has 3 heteroatoms. The van der Waals surface area contributed by atoms with Crippen LogP contribution in [-0.2, 0) is 6.42 Å². The fourth-order valence-corrected chi connectivity index (χ4v) is 2.01. The van der Waals surface area contributed by atoms with Crippen LogP contribution in [0.1, 0.15) is 21.6 Å². The molecule has 0 aliphatic rings. The number of hydrogen-bond acceptors (Lipinski definition) is 2. The summed E-state index contributed by atoms with van der Waals surface area (Å²) in [5, 5.41) is 4.26. The Labute approximate surface area is 94.9 Å². The maximum atomic E-state index is 11.0. The number of nitrogens with one attached hydrogen (secondary N) is 2. The molecular formula is C13H16N2O. The summed E-state index contributed by atoms with van der Waals surface area (Å²) in [6.07, 6.45) is 1.77. The monoisotopic (exact) mass is 216 g/mol. The van der Waals surface area contributed by atoms with Gasteiger partial charge in [0.1, 0.15) is 0 Å². The summed E-state index contributed by atoms with van der Waals surface area (Å²) in [6, 6.07) is 6.23. The van der Waals surface area contributed by atoms with Crippen molar-refractivity contribution in [2.45, 2.75) is 13.3 Å². The number of benzene rings is 1. The third-order valence-corrected chi connectivity index (χ3v) is 2.84. The minimum Gasteiger partial charge on any atom is -0.352 e. The van der Waals surface area contributed by atoms with Crippen molar-refractivity contribution in [2.24, 2.45) is 0 Å². The van der Waals surface area contributed by atoms with E-state index < -0.39 is 0 Å². The largest absolute Gasteiger partial charge is 0.352 e. The quantitative estimate of drug-likeness (QED) is 0.768. The molecule has 0 radical (unpaired) electrons. The number of carbonyl (C=O) groups excluding carboxylic acids is 1. The Morgan fingerprint density at radius 2 is 2.25 bits per heavy atom. The average Bonchev–Trinajstić information content (AvgIpc) is 2.63. The lowest BCUT2D eigenvalue weighted by Gasteiger charge is -2.00. The van der Waals surface area contributed by atoms with Crippen LogP contribution in [0.3, 0.4) is 0 Å². The first-order valence-electron chi connectivity index (χ1n) is 5.47. The van der Waals surface area contributed by atoms with Gasteiger partial charge < -0.3 is 10.3 Å². The minimum absolute atomic E-state index is 0.704. The molecule has 0 amide bonds. The SMILES string of the molecule is CNCCc1c(C=O)[nH]c2cc(C)ccc12. The number of aromatic amines is 1. The van der Waals surface area contributed by atoms with Gasteiger partial charge in [0.15, 0.2) is 6.29 Å². The highest BCUT2D eigenvalue weighted by Crippen LogP contribution is 2.22. The molecule has 0 atom stereocenters. The van der Waals surface area contributed by atoms with E-state index in [9.17, 15) is 4.79 Å². The van der Waals surface area contributed by atoms with E-state index in [-0.39, 0.29) is 0 Å². The Balaban J connectivity index is 2.54. The van der Waals surface area contributed by atoms with Gasteiger partial charge in [-0.25, -0.2) is 0 Å². The molecule has 0 saturated carbocycles. The molecular weight excluding hydrogens is 200 g/mol. The van der Waals surface area contributed by atoms with Crippen molar-refractivity contribution in [3.05, 3.63) is 35.0 Å². The van der Waals surface area contributed by atoms with Crippen molar-refractivity contribution in [2.75, 3.05) is 13.6 Å². The first kappa shape index (κ1) is 10.9. The summed E-state index contributed by atoms with van der Waals surface area (Å²) in [4.78, 5) is 14.2. The molecule has 0 unspecified atom stereocenters. The Morgan fingerprint density at radius 3 is 2.94 bits per heavy atom. The first-order chi connectivity index (χ1) is 7.76. The van der Waals surface area contributed by atoms with Crippen LogP contribution < -0.4 is 5.32 Å². The standard InChI is InChI=1S/C13H16N2O/c1-9-3-4-10-11(5-6-14-2)13(8-16)15-12(10)7-9/h3-4,7-8,14-15H,5-6H2,1-2H3. The van der Waals surface area contributed by atoms with Crippen LogP contribution in [0.15, 0.2) is 18.2 Å². The van der Waals surface area contributed by atoms with Gasteiger partial charge in [-0.05, 0) is 44.1 Å². The highest BCUT2D eigenvalue weighted by molar-refractivity contribution is 5.92. The molecule has 0 aliphatic carbocycles. The van der Waals surface area contributed by atoms with Crippen LogP contribution in [0.5, 0.6) is 0 Å². The van der Waals surface area contributed by atoms with E-state index in [4.69, 9.17) is 0 Å². The molecule has 0 saturated heterocycles. The Hall–Kier alpha value is -1.61. The molecule has 0 fully saturated rings. The van der Waals surface area contributed by atoms with Crippen molar-refractivity contribution < 1.29 is 4.79 Å². The topological polar surface area (TPSA) is 44.9 Å². The lowest BCUT2D eigenvalue weighted by atomic mass is 10.1.